The molecule has 7 heteroatoms. The summed E-state index contributed by atoms with van der Waals surface area (Å²) in [6.07, 6.45) is 3.37. The van der Waals surface area contributed by atoms with Gasteiger partial charge in [0.2, 0.25) is 5.88 Å². The van der Waals surface area contributed by atoms with Crippen molar-refractivity contribution in [3.05, 3.63) is 36.2 Å². The second-order valence-corrected chi connectivity index (χ2v) is 6.59. The summed E-state index contributed by atoms with van der Waals surface area (Å²) in [5, 5.41) is 19.7. The highest BCUT2D eigenvalue weighted by atomic mass is 16.5. The van der Waals surface area contributed by atoms with E-state index < -0.39 is 5.97 Å². The number of rotatable bonds is 6. The molecule has 0 spiro atoms. The Kier molecular flexibility index (Phi) is 5.91. The first-order valence-corrected chi connectivity index (χ1v) is 9.32. The largest absolute Gasteiger partial charge is 0.477 e. The average Bonchev–Trinajstić information content (AvgIpc) is 2.68. The zero-order valence-electron chi connectivity index (χ0n) is 15.6. The van der Waals surface area contributed by atoms with Crippen LogP contribution in [0.25, 0.3) is 11.3 Å². The Bertz CT molecular complexity index is 812. The smallest absolute Gasteiger partial charge is 0.356 e. The highest BCUT2D eigenvalue weighted by molar-refractivity contribution is 5.93. The van der Waals surface area contributed by atoms with Crippen LogP contribution >= 0.6 is 0 Å². The van der Waals surface area contributed by atoms with E-state index >= 15 is 0 Å². The van der Waals surface area contributed by atoms with Gasteiger partial charge >= 0.3 is 5.97 Å². The lowest BCUT2D eigenvalue weighted by atomic mass is 9.96. The SMILES string of the molecule is CCOc1ncccc1-c1ccc(N2CC[C@H](O)C[C@@H]2CC)c(C(=O)O)n1. The van der Waals surface area contributed by atoms with Gasteiger partial charge in [0.1, 0.15) is 0 Å². The van der Waals surface area contributed by atoms with Gasteiger partial charge in [0.25, 0.3) is 0 Å². The van der Waals surface area contributed by atoms with Gasteiger partial charge < -0.3 is 19.8 Å². The van der Waals surface area contributed by atoms with Crippen molar-refractivity contribution in [1.82, 2.24) is 9.97 Å². The van der Waals surface area contributed by atoms with Gasteiger partial charge in [-0.2, -0.15) is 0 Å². The van der Waals surface area contributed by atoms with Crippen molar-refractivity contribution in [1.29, 1.82) is 0 Å². The molecule has 1 aliphatic rings. The summed E-state index contributed by atoms with van der Waals surface area (Å²) >= 11 is 0. The van der Waals surface area contributed by atoms with E-state index in [-0.39, 0.29) is 17.8 Å². The summed E-state index contributed by atoms with van der Waals surface area (Å²) in [5.41, 5.74) is 1.77. The first kappa shape index (κ1) is 19.1. The van der Waals surface area contributed by atoms with Gasteiger partial charge in [0, 0.05) is 18.8 Å². The van der Waals surface area contributed by atoms with Crippen molar-refractivity contribution < 1.29 is 19.7 Å². The molecule has 0 aromatic carbocycles. The van der Waals surface area contributed by atoms with Crippen LogP contribution in [0.2, 0.25) is 0 Å². The number of hydrogen-bond acceptors (Lipinski definition) is 6. The minimum absolute atomic E-state index is 0.00800. The van der Waals surface area contributed by atoms with E-state index in [1.807, 2.05) is 19.9 Å². The van der Waals surface area contributed by atoms with Gasteiger partial charge in [-0.15, -0.1) is 0 Å². The number of aliphatic hydroxyl groups is 1. The molecule has 1 fully saturated rings. The maximum Gasteiger partial charge on any atom is 0.356 e. The topological polar surface area (TPSA) is 95.8 Å². The zero-order valence-corrected chi connectivity index (χ0v) is 15.6. The molecule has 2 atom stereocenters. The highest BCUT2D eigenvalue weighted by Gasteiger charge is 2.30. The summed E-state index contributed by atoms with van der Waals surface area (Å²) in [6, 6.07) is 7.29. The molecule has 2 aromatic rings. The fraction of sp³-hybridized carbons (Fsp3) is 0.450. The first-order valence-electron chi connectivity index (χ1n) is 9.32. The quantitative estimate of drug-likeness (QED) is 0.806. The Morgan fingerprint density at radius 2 is 2.15 bits per heavy atom. The molecule has 0 bridgehead atoms. The van der Waals surface area contributed by atoms with Gasteiger partial charge in [0.15, 0.2) is 5.69 Å². The first-order chi connectivity index (χ1) is 13.0. The summed E-state index contributed by atoms with van der Waals surface area (Å²) in [7, 11) is 0. The van der Waals surface area contributed by atoms with Gasteiger partial charge in [-0.25, -0.2) is 14.8 Å². The van der Waals surface area contributed by atoms with E-state index in [1.54, 1.807) is 24.4 Å². The summed E-state index contributed by atoms with van der Waals surface area (Å²) in [5.74, 6) is -0.640. The number of hydrogen-bond donors (Lipinski definition) is 2. The minimum atomic E-state index is -1.07. The van der Waals surface area contributed by atoms with Crippen LogP contribution in [0.1, 0.15) is 43.6 Å². The fourth-order valence-corrected chi connectivity index (χ4v) is 3.56. The number of nitrogens with zero attached hydrogens (tertiary/aromatic N) is 3. The number of ether oxygens (including phenoxy) is 1. The molecular formula is C20H25N3O4. The van der Waals surface area contributed by atoms with Crippen molar-refractivity contribution in [3.63, 3.8) is 0 Å². The van der Waals surface area contributed by atoms with Gasteiger partial charge in [-0.1, -0.05) is 6.92 Å². The molecule has 1 aliphatic heterocycles. The number of piperidine rings is 1. The predicted octanol–water partition coefficient (Wildman–Crippen LogP) is 2.98. The molecule has 0 saturated carbocycles. The molecule has 0 radical (unpaired) electrons. The van der Waals surface area contributed by atoms with Gasteiger partial charge in [-0.3, -0.25) is 0 Å². The maximum atomic E-state index is 11.9. The molecule has 0 amide bonds. The summed E-state index contributed by atoms with van der Waals surface area (Å²) in [4.78, 5) is 22.6. The van der Waals surface area contributed by atoms with Crippen molar-refractivity contribution in [3.8, 4) is 17.1 Å². The lowest BCUT2D eigenvalue weighted by Crippen LogP contribution is -2.44. The molecule has 7 nitrogen and oxygen atoms in total. The molecular weight excluding hydrogens is 346 g/mol. The molecule has 0 unspecified atom stereocenters. The Labute approximate surface area is 158 Å². The van der Waals surface area contributed by atoms with Crippen molar-refractivity contribution >= 4 is 11.7 Å². The van der Waals surface area contributed by atoms with E-state index in [2.05, 4.69) is 14.9 Å². The van der Waals surface area contributed by atoms with E-state index in [9.17, 15) is 15.0 Å². The number of anilines is 1. The molecule has 2 aromatic heterocycles. The van der Waals surface area contributed by atoms with Crippen LogP contribution in [0, 0.1) is 0 Å². The Balaban J connectivity index is 2.03. The zero-order chi connectivity index (χ0) is 19.4. The van der Waals surface area contributed by atoms with E-state index in [0.29, 0.717) is 48.8 Å². The maximum absolute atomic E-state index is 11.9. The number of aromatic nitrogens is 2. The number of pyridine rings is 2. The number of aliphatic hydroxyl groups excluding tert-OH is 1. The van der Waals surface area contributed by atoms with Crippen molar-refractivity contribution in [2.45, 2.75) is 45.3 Å². The van der Waals surface area contributed by atoms with Crippen LogP contribution in [0.15, 0.2) is 30.5 Å². The Morgan fingerprint density at radius 1 is 1.33 bits per heavy atom. The Morgan fingerprint density at radius 3 is 2.85 bits per heavy atom. The molecule has 144 valence electrons. The summed E-state index contributed by atoms with van der Waals surface area (Å²) < 4.78 is 5.55. The third-order valence-corrected chi connectivity index (χ3v) is 4.87. The number of aromatic carboxylic acids is 1. The highest BCUT2D eigenvalue weighted by Crippen LogP contribution is 2.33. The number of carboxylic acid groups (broad SMARTS) is 1. The number of carboxylic acids is 1. The van der Waals surface area contributed by atoms with Crippen LogP contribution < -0.4 is 9.64 Å². The van der Waals surface area contributed by atoms with Crippen LogP contribution in [-0.2, 0) is 0 Å². The van der Waals surface area contributed by atoms with Gasteiger partial charge in [-0.05, 0) is 50.5 Å². The van der Waals surface area contributed by atoms with Crippen molar-refractivity contribution in [2.24, 2.45) is 0 Å². The van der Waals surface area contributed by atoms with E-state index in [1.165, 1.54) is 0 Å². The third-order valence-electron chi connectivity index (χ3n) is 4.87. The second kappa shape index (κ2) is 8.35. The lowest BCUT2D eigenvalue weighted by molar-refractivity contribution is 0.0691. The predicted molar refractivity (Wildman–Crippen MR) is 102 cm³/mol. The monoisotopic (exact) mass is 371 g/mol. The minimum Gasteiger partial charge on any atom is -0.477 e. The van der Waals surface area contributed by atoms with Crippen LogP contribution in [-0.4, -0.2) is 51.4 Å². The van der Waals surface area contributed by atoms with Gasteiger partial charge in [0.05, 0.1) is 29.7 Å². The van der Waals surface area contributed by atoms with Crippen LogP contribution in [0.4, 0.5) is 5.69 Å². The lowest BCUT2D eigenvalue weighted by Gasteiger charge is -2.39. The fourth-order valence-electron chi connectivity index (χ4n) is 3.56. The molecule has 27 heavy (non-hydrogen) atoms. The normalized spacial score (nSPS) is 19.7. The van der Waals surface area contributed by atoms with Crippen molar-refractivity contribution in [2.75, 3.05) is 18.1 Å². The third kappa shape index (κ3) is 4.03. The molecule has 1 saturated heterocycles. The second-order valence-electron chi connectivity index (χ2n) is 6.59. The summed E-state index contributed by atoms with van der Waals surface area (Å²) in [6.45, 7) is 4.98. The standard InChI is InChI=1S/C20H25N3O4/c1-3-13-12-14(24)9-11-23(13)17-8-7-16(22-18(17)20(25)26)15-6-5-10-21-19(15)27-4-2/h5-8,10,13-14,24H,3-4,9,11-12H2,1-2H3,(H,25,26)/t13-,14-/m0/s1. The number of carbonyl (C=O) groups is 1. The molecule has 3 rings (SSSR count). The Hall–Kier alpha value is -2.67. The molecule has 3 heterocycles. The van der Waals surface area contributed by atoms with Crippen LogP contribution in [0.5, 0.6) is 5.88 Å². The average molecular weight is 371 g/mol. The van der Waals surface area contributed by atoms with E-state index in [4.69, 9.17) is 4.74 Å². The molecule has 2 N–H and O–H groups in total. The van der Waals surface area contributed by atoms with Crippen LogP contribution in [0.3, 0.4) is 0 Å². The molecule has 0 aliphatic carbocycles. The van der Waals surface area contributed by atoms with E-state index in [0.717, 1.165) is 6.42 Å².